The van der Waals surface area contributed by atoms with Gasteiger partial charge < -0.3 is 20.2 Å². The van der Waals surface area contributed by atoms with Crippen LogP contribution in [0.25, 0.3) is 0 Å². The summed E-state index contributed by atoms with van der Waals surface area (Å²) in [6.07, 6.45) is 0.478. The molecular weight excluding hydrogens is 343 g/mol. The van der Waals surface area contributed by atoms with Crippen LogP contribution in [-0.4, -0.2) is 30.0 Å². The number of aliphatic hydroxyl groups is 1. The quantitative estimate of drug-likeness (QED) is 0.739. The molecule has 0 spiro atoms. The molecule has 0 fully saturated rings. The van der Waals surface area contributed by atoms with Crippen molar-refractivity contribution in [1.82, 2.24) is 10.6 Å². The average molecular weight is 357 g/mol. The van der Waals surface area contributed by atoms with E-state index in [1.54, 1.807) is 12.1 Å². The number of aliphatic hydroxyl groups excluding tert-OH is 1. The number of furan rings is 1. The first-order valence-electron chi connectivity index (χ1n) is 6.69. The maximum absolute atomic E-state index is 11.9. The molecule has 2 rings (SSSR count). The molecule has 1 heterocycles. The highest BCUT2D eigenvalue weighted by molar-refractivity contribution is 6.36. The molecule has 2 amide bonds. The van der Waals surface area contributed by atoms with Gasteiger partial charge in [-0.3, -0.25) is 9.59 Å². The van der Waals surface area contributed by atoms with Gasteiger partial charge in [-0.15, -0.1) is 0 Å². The molecule has 23 heavy (non-hydrogen) atoms. The third kappa shape index (κ3) is 4.99. The summed E-state index contributed by atoms with van der Waals surface area (Å²) in [5.41, 5.74) is 0.222. The second-order valence-electron chi connectivity index (χ2n) is 4.64. The van der Waals surface area contributed by atoms with E-state index in [0.29, 0.717) is 10.8 Å². The highest BCUT2D eigenvalue weighted by Crippen LogP contribution is 2.20. The Bertz CT molecular complexity index is 689. The highest BCUT2D eigenvalue weighted by atomic mass is 35.5. The molecule has 0 radical (unpaired) electrons. The zero-order chi connectivity index (χ0) is 16.8. The molecule has 122 valence electrons. The molecule has 2 aromatic rings. The third-order valence-corrected chi connectivity index (χ3v) is 3.50. The van der Waals surface area contributed by atoms with Gasteiger partial charge in [-0.05, 0) is 30.3 Å². The molecule has 0 aliphatic rings. The van der Waals surface area contributed by atoms with E-state index in [2.05, 4.69) is 10.6 Å². The van der Waals surface area contributed by atoms with Crippen LogP contribution in [0.15, 0.2) is 41.0 Å². The molecule has 3 N–H and O–H groups in total. The van der Waals surface area contributed by atoms with E-state index in [0.717, 1.165) is 0 Å². The van der Waals surface area contributed by atoms with Crippen molar-refractivity contribution in [3.63, 3.8) is 0 Å². The lowest BCUT2D eigenvalue weighted by Crippen LogP contribution is -2.38. The van der Waals surface area contributed by atoms with Crippen LogP contribution in [0.2, 0.25) is 10.0 Å². The van der Waals surface area contributed by atoms with Gasteiger partial charge in [-0.25, -0.2) is 0 Å². The van der Waals surface area contributed by atoms with E-state index in [1.807, 2.05) is 0 Å². The second-order valence-corrected chi connectivity index (χ2v) is 5.49. The SMILES string of the molecule is O=C(CNC(=O)c1ccc(Cl)cc1Cl)NCC(O)c1ccco1. The largest absolute Gasteiger partial charge is 0.467 e. The van der Waals surface area contributed by atoms with Crippen LogP contribution in [0.1, 0.15) is 22.2 Å². The van der Waals surface area contributed by atoms with Gasteiger partial charge in [0, 0.05) is 5.02 Å². The molecule has 1 aromatic carbocycles. The fourth-order valence-electron chi connectivity index (χ4n) is 1.78. The summed E-state index contributed by atoms with van der Waals surface area (Å²) >= 11 is 11.7. The maximum atomic E-state index is 11.9. The van der Waals surface area contributed by atoms with Crippen LogP contribution in [-0.2, 0) is 4.79 Å². The summed E-state index contributed by atoms with van der Waals surface area (Å²) in [4.78, 5) is 23.6. The molecule has 6 nitrogen and oxygen atoms in total. The van der Waals surface area contributed by atoms with E-state index in [9.17, 15) is 14.7 Å². The third-order valence-electron chi connectivity index (χ3n) is 2.95. The predicted octanol–water partition coefficient (Wildman–Crippen LogP) is 2.17. The summed E-state index contributed by atoms with van der Waals surface area (Å²) in [7, 11) is 0. The van der Waals surface area contributed by atoms with Gasteiger partial charge in [0.2, 0.25) is 5.91 Å². The van der Waals surface area contributed by atoms with Crippen LogP contribution in [0.5, 0.6) is 0 Å². The molecule has 1 atom stereocenters. The van der Waals surface area contributed by atoms with Gasteiger partial charge in [0.1, 0.15) is 11.9 Å². The highest BCUT2D eigenvalue weighted by Gasteiger charge is 2.14. The number of nitrogens with one attached hydrogen (secondary N) is 2. The van der Waals surface area contributed by atoms with Crippen molar-refractivity contribution in [3.8, 4) is 0 Å². The molecule has 0 saturated carbocycles. The predicted molar refractivity (Wildman–Crippen MR) is 85.5 cm³/mol. The van der Waals surface area contributed by atoms with Crippen LogP contribution in [0, 0.1) is 0 Å². The Morgan fingerprint density at radius 3 is 2.65 bits per heavy atom. The lowest BCUT2D eigenvalue weighted by Gasteiger charge is -2.10. The zero-order valence-electron chi connectivity index (χ0n) is 11.9. The number of rotatable bonds is 6. The topological polar surface area (TPSA) is 91.6 Å². The van der Waals surface area contributed by atoms with Crippen LogP contribution >= 0.6 is 23.2 Å². The van der Waals surface area contributed by atoms with E-state index in [-0.39, 0.29) is 23.7 Å². The van der Waals surface area contributed by atoms with E-state index >= 15 is 0 Å². The van der Waals surface area contributed by atoms with Crippen LogP contribution in [0.4, 0.5) is 0 Å². The van der Waals surface area contributed by atoms with Gasteiger partial charge in [0.05, 0.1) is 29.9 Å². The molecular formula is C15H14Cl2N2O4. The average Bonchev–Trinajstić information content (AvgIpc) is 3.04. The Kier molecular flexibility index (Phi) is 6.04. The van der Waals surface area contributed by atoms with Gasteiger partial charge >= 0.3 is 0 Å². The maximum Gasteiger partial charge on any atom is 0.253 e. The van der Waals surface area contributed by atoms with Crippen LogP contribution in [0.3, 0.4) is 0 Å². The smallest absolute Gasteiger partial charge is 0.253 e. The first kappa shape index (κ1) is 17.3. The number of carbonyl (C=O) groups excluding carboxylic acids is 2. The summed E-state index contributed by atoms with van der Waals surface area (Å²) < 4.78 is 5.01. The molecule has 0 saturated heterocycles. The van der Waals surface area contributed by atoms with E-state index in [1.165, 1.54) is 24.5 Å². The van der Waals surface area contributed by atoms with E-state index < -0.39 is 17.9 Å². The fraction of sp³-hybridized carbons (Fsp3) is 0.200. The van der Waals surface area contributed by atoms with Crippen molar-refractivity contribution in [1.29, 1.82) is 0 Å². The number of hydrogen-bond donors (Lipinski definition) is 3. The Balaban J connectivity index is 1.78. The second kappa shape index (κ2) is 8.01. The number of amides is 2. The van der Waals surface area contributed by atoms with Gasteiger partial charge in [-0.2, -0.15) is 0 Å². The van der Waals surface area contributed by atoms with Crippen LogP contribution < -0.4 is 10.6 Å². The summed E-state index contributed by atoms with van der Waals surface area (Å²) in [6, 6.07) is 7.68. The molecule has 0 aliphatic heterocycles. The lowest BCUT2D eigenvalue weighted by molar-refractivity contribution is -0.120. The standard InChI is InChI=1S/C15H14Cl2N2O4/c16-9-3-4-10(11(17)6-9)15(22)19-8-14(21)18-7-12(20)13-2-1-5-23-13/h1-6,12,20H,7-8H2,(H,18,21)(H,19,22). The Morgan fingerprint density at radius 2 is 2.00 bits per heavy atom. The van der Waals surface area contributed by atoms with Crippen molar-refractivity contribution in [3.05, 3.63) is 58.0 Å². The Hall–Kier alpha value is -2.02. The molecule has 0 bridgehead atoms. The Morgan fingerprint density at radius 1 is 1.22 bits per heavy atom. The molecule has 0 aliphatic carbocycles. The molecule has 8 heteroatoms. The van der Waals surface area contributed by atoms with Crippen molar-refractivity contribution in [2.45, 2.75) is 6.10 Å². The van der Waals surface area contributed by atoms with E-state index in [4.69, 9.17) is 27.6 Å². The molecule has 1 aromatic heterocycles. The summed E-state index contributed by atoms with van der Waals surface area (Å²) in [5, 5.41) is 15.3. The first-order valence-corrected chi connectivity index (χ1v) is 7.44. The lowest BCUT2D eigenvalue weighted by atomic mass is 10.2. The number of halogens is 2. The van der Waals surface area contributed by atoms with Gasteiger partial charge in [0.15, 0.2) is 0 Å². The summed E-state index contributed by atoms with van der Waals surface area (Å²) in [5.74, 6) is -0.593. The normalized spacial score (nSPS) is 11.8. The number of carbonyl (C=O) groups is 2. The fourth-order valence-corrected chi connectivity index (χ4v) is 2.28. The molecule has 1 unspecified atom stereocenters. The van der Waals surface area contributed by atoms with Crippen molar-refractivity contribution < 1.29 is 19.1 Å². The summed E-state index contributed by atoms with van der Waals surface area (Å²) in [6.45, 7) is -0.271. The number of benzene rings is 1. The monoisotopic (exact) mass is 356 g/mol. The minimum absolute atomic E-state index is 0.0239. The number of hydrogen-bond acceptors (Lipinski definition) is 4. The van der Waals surface area contributed by atoms with Crippen molar-refractivity contribution >= 4 is 35.0 Å². The van der Waals surface area contributed by atoms with Crippen molar-refractivity contribution in [2.75, 3.05) is 13.1 Å². The minimum atomic E-state index is -0.949. The van der Waals surface area contributed by atoms with Crippen molar-refractivity contribution in [2.24, 2.45) is 0 Å². The minimum Gasteiger partial charge on any atom is -0.467 e. The first-order chi connectivity index (χ1) is 11.0. The zero-order valence-corrected chi connectivity index (χ0v) is 13.4. The van der Waals surface area contributed by atoms with Gasteiger partial charge in [0.25, 0.3) is 5.91 Å². The van der Waals surface area contributed by atoms with Gasteiger partial charge in [-0.1, -0.05) is 23.2 Å². The Labute approximate surface area is 142 Å².